The second-order valence-corrected chi connectivity index (χ2v) is 10.3. The fourth-order valence-electron chi connectivity index (χ4n) is 4.89. The Morgan fingerprint density at radius 2 is 1.63 bits per heavy atom. The van der Waals surface area contributed by atoms with Crippen LogP contribution >= 0.6 is 0 Å². The maximum atomic E-state index is 13.2. The van der Waals surface area contributed by atoms with Crippen LogP contribution in [0.15, 0.2) is 59.5 Å². The Morgan fingerprint density at radius 1 is 1.00 bits per heavy atom. The fraction of sp³-hybridized carbons (Fsp3) is 0.409. The molecule has 2 aromatic rings. The molecule has 2 atom stereocenters. The van der Waals surface area contributed by atoms with Crippen LogP contribution < -0.4 is 0 Å². The molecule has 27 heavy (non-hydrogen) atoms. The molecule has 5 heteroatoms. The minimum absolute atomic E-state index is 0.127. The summed E-state index contributed by atoms with van der Waals surface area (Å²) in [6, 6.07) is 17.2. The molecule has 0 bridgehead atoms. The van der Waals surface area contributed by atoms with Gasteiger partial charge in [-0.25, -0.2) is 8.42 Å². The molecule has 2 fully saturated rings. The SMILES string of the molecule is CC(=O)C[C@@]12CN(S(=O)(=O)c3ccc(C)cc3)C[C@]1(Cc1ccccc1)C2. The Bertz CT molecular complexity index is 968. The van der Waals surface area contributed by atoms with Crippen LogP contribution in [0.25, 0.3) is 0 Å². The van der Waals surface area contributed by atoms with Gasteiger partial charge >= 0.3 is 0 Å². The van der Waals surface area contributed by atoms with E-state index in [9.17, 15) is 13.2 Å². The van der Waals surface area contributed by atoms with E-state index in [4.69, 9.17) is 0 Å². The largest absolute Gasteiger partial charge is 0.300 e. The van der Waals surface area contributed by atoms with E-state index in [-0.39, 0.29) is 16.6 Å². The first-order valence-electron chi connectivity index (χ1n) is 9.37. The zero-order valence-corrected chi connectivity index (χ0v) is 16.6. The summed E-state index contributed by atoms with van der Waals surface area (Å²) < 4.78 is 28.0. The average molecular weight is 384 g/mol. The van der Waals surface area contributed by atoms with Crippen molar-refractivity contribution in [2.24, 2.45) is 10.8 Å². The van der Waals surface area contributed by atoms with Crippen molar-refractivity contribution in [3.63, 3.8) is 0 Å². The first kappa shape index (κ1) is 18.4. The topological polar surface area (TPSA) is 54.5 Å². The predicted molar refractivity (Wildman–Crippen MR) is 105 cm³/mol. The number of ketones is 1. The molecule has 1 aliphatic carbocycles. The number of carbonyl (C=O) groups is 1. The summed E-state index contributed by atoms with van der Waals surface area (Å²) in [5.74, 6) is 0.138. The maximum Gasteiger partial charge on any atom is 0.243 e. The monoisotopic (exact) mass is 383 g/mol. The highest BCUT2D eigenvalue weighted by Gasteiger charge is 2.72. The summed E-state index contributed by atoms with van der Waals surface area (Å²) in [5, 5.41) is 0. The molecule has 1 saturated carbocycles. The molecule has 4 nitrogen and oxygen atoms in total. The van der Waals surface area contributed by atoms with E-state index in [0.29, 0.717) is 24.4 Å². The van der Waals surface area contributed by atoms with E-state index in [1.54, 1.807) is 23.4 Å². The van der Waals surface area contributed by atoms with Crippen molar-refractivity contribution in [1.82, 2.24) is 4.31 Å². The maximum absolute atomic E-state index is 13.2. The van der Waals surface area contributed by atoms with Gasteiger partial charge in [-0.15, -0.1) is 0 Å². The van der Waals surface area contributed by atoms with Gasteiger partial charge in [-0.3, -0.25) is 0 Å². The van der Waals surface area contributed by atoms with Gasteiger partial charge in [0.1, 0.15) is 5.78 Å². The van der Waals surface area contributed by atoms with Crippen LogP contribution in [0.4, 0.5) is 0 Å². The smallest absolute Gasteiger partial charge is 0.243 e. The molecule has 4 rings (SSSR count). The molecule has 0 aromatic heterocycles. The summed E-state index contributed by atoms with van der Waals surface area (Å²) in [6.45, 7) is 4.48. The van der Waals surface area contributed by atoms with Gasteiger partial charge in [0.25, 0.3) is 0 Å². The number of piperidine rings is 1. The highest BCUT2D eigenvalue weighted by Crippen LogP contribution is 2.72. The minimum Gasteiger partial charge on any atom is -0.300 e. The molecular weight excluding hydrogens is 358 g/mol. The third kappa shape index (κ3) is 3.13. The van der Waals surface area contributed by atoms with Gasteiger partial charge in [0.2, 0.25) is 10.0 Å². The van der Waals surface area contributed by atoms with Gasteiger partial charge in [0.05, 0.1) is 4.90 Å². The van der Waals surface area contributed by atoms with Gasteiger partial charge in [-0.2, -0.15) is 4.31 Å². The van der Waals surface area contributed by atoms with E-state index < -0.39 is 10.0 Å². The molecule has 2 aliphatic rings. The summed E-state index contributed by atoms with van der Waals surface area (Å²) in [5.41, 5.74) is 1.90. The molecule has 0 spiro atoms. The van der Waals surface area contributed by atoms with Crippen LogP contribution in [0, 0.1) is 17.8 Å². The molecule has 0 radical (unpaired) electrons. The number of nitrogens with zero attached hydrogens (tertiary/aromatic N) is 1. The fourth-order valence-corrected chi connectivity index (χ4v) is 6.50. The van der Waals surface area contributed by atoms with E-state index >= 15 is 0 Å². The third-order valence-corrected chi connectivity index (χ3v) is 8.07. The zero-order chi connectivity index (χ0) is 19.3. The highest BCUT2D eigenvalue weighted by atomic mass is 32.2. The first-order chi connectivity index (χ1) is 12.8. The Hall–Kier alpha value is -1.98. The number of fused-ring (bicyclic) bond motifs is 1. The number of hydrogen-bond donors (Lipinski definition) is 0. The molecule has 0 unspecified atom stereocenters. The number of hydrogen-bond acceptors (Lipinski definition) is 3. The summed E-state index contributed by atoms with van der Waals surface area (Å²) in [7, 11) is -3.54. The van der Waals surface area contributed by atoms with Gasteiger partial charge < -0.3 is 4.79 Å². The Labute approximate surface area is 161 Å². The third-order valence-electron chi connectivity index (χ3n) is 6.27. The van der Waals surface area contributed by atoms with Crippen LogP contribution in [0.1, 0.15) is 30.9 Å². The molecule has 142 valence electrons. The van der Waals surface area contributed by atoms with Crippen molar-refractivity contribution >= 4 is 15.8 Å². The highest BCUT2D eigenvalue weighted by molar-refractivity contribution is 7.89. The minimum atomic E-state index is -3.54. The Kier molecular flexibility index (Phi) is 4.28. The molecule has 0 N–H and O–H groups in total. The number of benzene rings is 2. The second kappa shape index (κ2) is 6.28. The summed E-state index contributed by atoms with van der Waals surface area (Å²) in [4.78, 5) is 12.3. The van der Waals surface area contributed by atoms with Gasteiger partial charge in [-0.1, -0.05) is 48.0 Å². The first-order valence-corrected chi connectivity index (χ1v) is 10.8. The number of aryl methyl sites for hydroxylation is 1. The normalized spacial score (nSPS) is 27.3. The number of rotatable bonds is 6. The van der Waals surface area contributed by atoms with Crippen LogP contribution in [-0.2, 0) is 21.2 Å². The van der Waals surface area contributed by atoms with Crippen LogP contribution in [0.3, 0.4) is 0 Å². The summed E-state index contributed by atoms with van der Waals surface area (Å²) in [6.07, 6.45) is 2.20. The van der Waals surface area contributed by atoms with Gasteiger partial charge in [-0.05, 0) is 55.2 Å². The van der Waals surface area contributed by atoms with Crippen molar-refractivity contribution in [2.75, 3.05) is 13.1 Å². The number of sulfonamides is 1. The molecule has 1 aliphatic heterocycles. The Balaban J connectivity index is 1.64. The van der Waals surface area contributed by atoms with Crippen molar-refractivity contribution in [3.8, 4) is 0 Å². The molecule has 1 heterocycles. The predicted octanol–water partition coefficient (Wildman–Crippen LogP) is 3.60. The van der Waals surface area contributed by atoms with Crippen LogP contribution in [0.5, 0.6) is 0 Å². The van der Waals surface area contributed by atoms with E-state index in [1.807, 2.05) is 37.3 Å². The zero-order valence-electron chi connectivity index (χ0n) is 15.8. The van der Waals surface area contributed by atoms with Crippen molar-refractivity contribution < 1.29 is 13.2 Å². The summed E-state index contributed by atoms with van der Waals surface area (Å²) >= 11 is 0. The average Bonchev–Trinajstić information content (AvgIpc) is 3.07. The second-order valence-electron chi connectivity index (χ2n) is 8.36. The molecule has 1 saturated heterocycles. The van der Waals surface area contributed by atoms with E-state index in [1.165, 1.54) is 5.56 Å². The van der Waals surface area contributed by atoms with Crippen molar-refractivity contribution in [2.45, 2.75) is 38.0 Å². The lowest BCUT2D eigenvalue weighted by Crippen LogP contribution is -2.33. The van der Waals surface area contributed by atoms with Crippen molar-refractivity contribution in [3.05, 3.63) is 65.7 Å². The number of carbonyl (C=O) groups excluding carboxylic acids is 1. The van der Waals surface area contributed by atoms with E-state index in [2.05, 4.69) is 12.1 Å². The van der Waals surface area contributed by atoms with E-state index in [0.717, 1.165) is 18.4 Å². The standard InChI is InChI=1S/C22H25NO3S/c1-17-8-10-20(11-9-17)27(25,26)23-15-21(12-18(2)24)14-22(21,16-23)13-19-6-4-3-5-7-19/h3-11H,12-16H2,1-2H3/t21-,22+/m1/s1. The van der Waals surface area contributed by atoms with Gasteiger partial charge in [0.15, 0.2) is 0 Å². The quantitative estimate of drug-likeness (QED) is 0.766. The van der Waals surface area contributed by atoms with Crippen LogP contribution in [-0.4, -0.2) is 31.6 Å². The number of Topliss-reactive ketones (excluding diaryl/α,β-unsaturated/α-hetero) is 1. The molecule has 0 amide bonds. The lowest BCUT2D eigenvalue weighted by Gasteiger charge is -2.21. The lowest BCUT2D eigenvalue weighted by molar-refractivity contribution is -0.118. The molecular formula is C22H25NO3S. The van der Waals surface area contributed by atoms with Crippen molar-refractivity contribution in [1.29, 1.82) is 0 Å². The van der Waals surface area contributed by atoms with Crippen LogP contribution in [0.2, 0.25) is 0 Å². The Morgan fingerprint density at radius 3 is 2.26 bits per heavy atom. The molecule has 2 aromatic carbocycles. The lowest BCUT2D eigenvalue weighted by atomic mass is 9.86. The van der Waals surface area contributed by atoms with Gasteiger partial charge in [0, 0.05) is 19.5 Å².